The predicted molar refractivity (Wildman–Crippen MR) is 68.8 cm³/mol. The number of pyridine rings is 1. The number of methoxy groups -OCH3 is 1. The van der Waals surface area contributed by atoms with E-state index in [0.29, 0.717) is 0 Å². The fourth-order valence-electron chi connectivity index (χ4n) is 1.85. The summed E-state index contributed by atoms with van der Waals surface area (Å²) in [6, 6.07) is 5.45. The molecule has 2 rings (SSSR count). The van der Waals surface area contributed by atoms with Crippen LogP contribution in [0.2, 0.25) is 0 Å². The van der Waals surface area contributed by atoms with Gasteiger partial charge in [-0.15, -0.1) is 0 Å². The summed E-state index contributed by atoms with van der Waals surface area (Å²) in [5.74, 6) is -0.798. The van der Waals surface area contributed by atoms with E-state index in [0.717, 1.165) is 25.3 Å². The molecule has 1 N–H and O–H groups in total. The molecule has 0 fully saturated rings. The zero-order valence-corrected chi connectivity index (χ0v) is 10.8. The number of aromatic amines is 1. The third-order valence-electron chi connectivity index (χ3n) is 2.83. The first-order valence-corrected chi connectivity index (χ1v) is 5.81. The maximum absolute atomic E-state index is 12.7. The van der Waals surface area contributed by atoms with E-state index in [4.69, 9.17) is 0 Å². The fourth-order valence-corrected chi connectivity index (χ4v) is 1.85. The van der Waals surface area contributed by atoms with Gasteiger partial charge in [-0.2, -0.15) is 13.2 Å². The number of halogens is 3. The Bertz CT molecular complexity index is 735. The van der Waals surface area contributed by atoms with Crippen molar-refractivity contribution < 1.29 is 22.7 Å². The number of rotatable bonds is 2. The predicted octanol–water partition coefficient (Wildman–Crippen LogP) is 2.85. The van der Waals surface area contributed by atoms with E-state index in [1.54, 1.807) is 0 Å². The number of ether oxygens (including phenoxy) is 1. The quantitative estimate of drug-likeness (QED) is 0.867. The molecule has 0 amide bonds. The molecule has 1 aromatic carbocycles. The maximum Gasteiger partial charge on any atom is 0.416 e. The number of hydrogen-bond donors (Lipinski definition) is 1. The molecule has 0 spiro atoms. The van der Waals surface area contributed by atoms with Crippen LogP contribution in [-0.2, 0) is 10.9 Å². The largest absolute Gasteiger partial charge is 0.465 e. The average molecular weight is 297 g/mol. The van der Waals surface area contributed by atoms with Crippen LogP contribution >= 0.6 is 0 Å². The van der Waals surface area contributed by atoms with E-state index in [1.165, 1.54) is 18.3 Å². The Labute approximate surface area is 117 Å². The normalized spacial score (nSPS) is 11.2. The van der Waals surface area contributed by atoms with Crippen LogP contribution < -0.4 is 5.56 Å². The van der Waals surface area contributed by atoms with Gasteiger partial charge in [0.2, 0.25) is 5.56 Å². The maximum atomic E-state index is 12.7. The highest BCUT2D eigenvalue weighted by atomic mass is 19.4. The van der Waals surface area contributed by atoms with Crippen LogP contribution in [-0.4, -0.2) is 18.1 Å². The highest BCUT2D eigenvalue weighted by Crippen LogP contribution is 2.32. The molecule has 0 bridgehead atoms. The summed E-state index contributed by atoms with van der Waals surface area (Å²) in [5, 5.41) is 0. The molecule has 2 aromatic rings. The lowest BCUT2D eigenvalue weighted by Gasteiger charge is -2.11. The molecule has 0 unspecified atom stereocenters. The molecule has 4 nitrogen and oxygen atoms in total. The van der Waals surface area contributed by atoms with Crippen molar-refractivity contribution in [1.82, 2.24) is 4.98 Å². The number of alkyl halides is 3. The van der Waals surface area contributed by atoms with E-state index in [-0.39, 0.29) is 16.7 Å². The van der Waals surface area contributed by atoms with Crippen molar-refractivity contribution in [3.05, 3.63) is 58.0 Å². The van der Waals surface area contributed by atoms with Crippen LogP contribution in [0.15, 0.2) is 41.3 Å². The second-order valence-electron chi connectivity index (χ2n) is 4.19. The minimum atomic E-state index is -4.50. The van der Waals surface area contributed by atoms with Crippen LogP contribution in [0.5, 0.6) is 0 Å². The number of nitrogens with one attached hydrogen (secondary N) is 1. The Morgan fingerprint density at radius 1 is 1.24 bits per heavy atom. The third-order valence-corrected chi connectivity index (χ3v) is 2.83. The first-order chi connectivity index (χ1) is 9.82. The number of carbonyl (C=O) groups excluding carboxylic acids is 1. The Balaban J connectivity index is 2.62. The second-order valence-corrected chi connectivity index (χ2v) is 4.19. The first-order valence-electron chi connectivity index (χ1n) is 5.81. The summed E-state index contributed by atoms with van der Waals surface area (Å²) in [6.45, 7) is 0. The molecule has 0 saturated heterocycles. The summed E-state index contributed by atoms with van der Waals surface area (Å²) < 4.78 is 42.7. The van der Waals surface area contributed by atoms with Crippen LogP contribution in [0.4, 0.5) is 13.2 Å². The van der Waals surface area contributed by atoms with Crippen LogP contribution in [0.1, 0.15) is 15.9 Å². The van der Waals surface area contributed by atoms with Gasteiger partial charge in [0.05, 0.1) is 18.2 Å². The molecule has 0 atom stereocenters. The Morgan fingerprint density at radius 2 is 1.95 bits per heavy atom. The summed E-state index contributed by atoms with van der Waals surface area (Å²) >= 11 is 0. The standard InChI is InChI=1S/C14H10F3NO3/c1-21-13(20)10-6-12(19)18-7-11(10)8-3-2-4-9(5-8)14(15,16)17/h2-7H,1H3,(H,18,19). The number of esters is 1. The van der Waals surface area contributed by atoms with Crippen molar-refractivity contribution in [3.8, 4) is 11.1 Å². The van der Waals surface area contributed by atoms with Gasteiger partial charge >= 0.3 is 12.1 Å². The van der Waals surface area contributed by atoms with Gasteiger partial charge in [-0.25, -0.2) is 4.79 Å². The van der Waals surface area contributed by atoms with Crippen molar-refractivity contribution in [2.45, 2.75) is 6.18 Å². The topological polar surface area (TPSA) is 59.2 Å². The van der Waals surface area contributed by atoms with Crippen molar-refractivity contribution in [2.24, 2.45) is 0 Å². The van der Waals surface area contributed by atoms with Crippen LogP contribution in [0.3, 0.4) is 0 Å². The molecule has 0 aliphatic heterocycles. The average Bonchev–Trinajstić information content (AvgIpc) is 2.45. The molecule has 1 aromatic heterocycles. The van der Waals surface area contributed by atoms with Crippen molar-refractivity contribution in [2.75, 3.05) is 7.11 Å². The molecular formula is C14H10F3NO3. The zero-order chi connectivity index (χ0) is 15.6. The van der Waals surface area contributed by atoms with E-state index < -0.39 is 23.3 Å². The second kappa shape index (κ2) is 5.43. The minimum absolute atomic E-state index is 0.0967. The SMILES string of the molecule is COC(=O)c1cc(=O)[nH]cc1-c1cccc(C(F)(F)F)c1. The monoisotopic (exact) mass is 297 g/mol. The molecular weight excluding hydrogens is 287 g/mol. The van der Waals surface area contributed by atoms with Crippen molar-refractivity contribution >= 4 is 5.97 Å². The highest BCUT2D eigenvalue weighted by Gasteiger charge is 2.30. The Morgan fingerprint density at radius 3 is 2.57 bits per heavy atom. The fraction of sp³-hybridized carbons (Fsp3) is 0.143. The van der Waals surface area contributed by atoms with Crippen LogP contribution in [0.25, 0.3) is 11.1 Å². The van der Waals surface area contributed by atoms with Gasteiger partial charge in [-0.3, -0.25) is 4.79 Å². The van der Waals surface area contributed by atoms with Gasteiger partial charge in [0, 0.05) is 17.8 Å². The Hall–Kier alpha value is -2.57. The molecule has 0 saturated carbocycles. The number of carbonyl (C=O) groups is 1. The smallest absolute Gasteiger partial charge is 0.416 e. The number of aromatic nitrogens is 1. The highest BCUT2D eigenvalue weighted by molar-refractivity contribution is 5.96. The molecule has 0 aliphatic rings. The number of hydrogen-bond acceptors (Lipinski definition) is 3. The Kier molecular flexibility index (Phi) is 3.84. The summed E-state index contributed by atoms with van der Waals surface area (Å²) in [7, 11) is 1.12. The summed E-state index contributed by atoms with van der Waals surface area (Å²) in [5.41, 5.74) is -1.18. The van der Waals surface area contributed by atoms with E-state index in [9.17, 15) is 22.8 Å². The van der Waals surface area contributed by atoms with Gasteiger partial charge in [-0.05, 0) is 17.7 Å². The molecule has 0 aliphatic carbocycles. The van der Waals surface area contributed by atoms with E-state index in [2.05, 4.69) is 9.72 Å². The molecule has 21 heavy (non-hydrogen) atoms. The third kappa shape index (κ3) is 3.13. The minimum Gasteiger partial charge on any atom is -0.465 e. The zero-order valence-electron chi connectivity index (χ0n) is 10.8. The number of benzene rings is 1. The molecule has 7 heteroatoms. The van der Waals surface area contributed by atoms with Gasteiger partial charge in [0.15, 0.2) is 0 Å². The number of H-pyrrole nitrogens is 1. The van der Waals surface area contributed by atoms with E-state index in [1.807, 2.05) is 0 Å². The molecule has 110 valence electrons. The van der Waals surface area contributed by atoms with Crippen LogP contribution in [0, 0.1) is 0 Å². The van der Waals surface area contributed by atoms with E-state index >= 15 is 0 Å². The molecule has 0 radical (unpaired) electrons. The van der Waals surface area contributed by atoms with Gasteiger partial charge < -0.3 is 9.72 Å². The first kappa shape index (κ1) is 14.8. The summed E-state index contributed by atoms with van der Waals surface area (Å²) in [6.07, 6.45) is -3.31. The van der Waals surface area contributed by atoms with Gasteiger partial charge in [-0.1, -0.05) is 12.1 Å². The lowest BCUT2D eigenvalue weighted by atomic mass is 10.00. The van der Waals surface area contributed by atoms with Gasteiger partial charge in [0.25, 0.3) is 0 Å². The lowest BCUT2D eigenvalue weighted by molar-refractivity contribution is -0.137. The van der Waals surface area contributed by atoms with Crippen molar-refractivity contribution in [1.29, 1.82) is 0 Å². The lowest BCUT2D eigenvalue weighted by Crippen LogP contribution is -2.12. The summed E-state index contributed by atoms with van der Waals surface area (Å²) in [4.78, 5) is 25.3. The molecule has 1 heterocycles. The van der Waals surface area contributed by atoms with Crippen molar-refractivity contribution in [3.63, 3.8) is 0 Å². The van der Waals surface area contributed by atoms with Gasteiger partial charge in [0.1, 0.15) is 0 Å².